The number of halogens is 1. The summed E-state index contributed by atoms with van der Waals surface area (Å²) >= 11 is 5.90. The van der Waals surface area contributed by atoms with E-state index in [0.29, 0.717) is 5.88 Å². The van der Waals surface area contributed by atoms with E-state index in [2.05, 4.69) is 16.8 Å². The maximum absolute atomic E-state index is 5.90. The summed E-state index contributed by atoms with van der Waals surface area (Å²) in [7, 11) is 0. The summed E-state index contributed by atoms with van der Waals surface area (Å²) in [5.74, 6) is 6.73. The molecule has 2 aromatic heterocycles. The second-order valence-electron chi connectivity index (χ2n) is 4.12. The maximum Gasteiger partial charge on any atom is 0.142 e. The van der Waals surface area contributed by atoms with Crippen LogP contribution in [0.2, 0.25) is 0 Å². The highest BCUT2D eigenvalue weighted by Gasteiger charge is 2.04. The van der Waals surface area contributed by atoms with E-state index in [9.17, 15) is 0 Å². The molecule has 0 radical (unpaired) electrons. The largest absolute Gasteiger partial charge is 0.293 e. The lowest BCUT2D eigenvalue weighted by molar-refractivity contribution is 1.14. The number of alkyl halides is 1. The lowest BCUT2D eigenvalue weighted by atomic mass is 10.2. The number of imidazole rings is 1. The molecule has 0 saturated heterocycles. The van der Waals surface area contributed by atoms with Crippen LogP contribution in [0, 0.1) is 11.8 Å². The lowest BCUT2D eigenvalue weighted by Crippen LogP contribution is -1.91. The minimum atomic E-state index is 0.451. The fourth-order valence-corrected chi connectivity index (χ4v) is 2.13. The highest BCUT2D eigenvalue weighted by atomic mass is 35.5. The summed E-state index contributed by atoms with van der Waals surface area (Å²) in [6.45, 7) is 0. The van der Waals surface area contributed by atoms with Crippen molar-refractivity contribution in [2.24, 2.45) is 0 Å². The van der Waals surface area contributed by atoms with Crippen molar-refractivity contribution in [3.63, 3.8) is 0 Å². The van der Waals surface area contributed by atoms with Crippen molar-refractivity contribution < 1.29 is 0 Å². The highest BCUT2D eigenvalue weighted by molar-refractivity contribution is 6.17. The zero-order valence-electron chi connectivity index (χ0n) is 10.2. The van der Waals surface area contributed by atoms with Crippen LogP contribution in [0.15, 0.2) is 54.9 Å². The minimum absolute atomic E-state index is 0.451. The molecule has 2 nitrogen and oxygen atoms in total. The Balaban J connectivity index is 2.06. The van der Waals surface area contributed by atoms with Gasteiger partial charge in [0.15, 0.2) is 0 Å². The van der Waals surface area contributed by atoms with Crippen molar-refractivity contribution >= 4 is 17.2 Å². The monoisotopic (exact) mass is 266 g/mol. The Labute approximate surface area is 116 Å². The number of hydrogen-bond donors (Lipinski definition) is 0. The van der Waals surface area contributed by atoms with Gasteiger partial charge in [0, 0.05) is 17.3 Å². The molecule has 2 heterocycles. The summed E-state index contributed by atoms with van der Waals surface area (Å²) in [5, 5.41) is 0. The molecule has 0 fully saturated rings. The summed E-state index contributed by atoms with van der Waals surface area (Å²) in [6, 6.07) is 13.8. The average molecular weight is 267 g/mol. The van der Waals surface area contributed by atoms with Crippen LogP contribution < -0.4 is 0 Å². The predicted molar refractivity (Wildman–Crippen MR) is 77.2 cm³/mol. The summed E-state index contributed by atoms with van der Waals surface area (Å²) in [4.78, 5) is 4.38. The molecule has 3 heteroatoms. The number of nitrogens with zero attached hydrogens (tertiary/aromatic N) is 2. The third-order valence-electron chi connectivity index (χ3n) is 2.87. The number of aromatic nitrogens is 2. The minimum Gasteiger partial charge on any atom is -0.293 e. The van der Waals surface area contributed by atoms with Gasteiger partial charge in [-0.1, -0.05) is 30.2 Å². The molecule has 0 aliphatic rings. The van der Waals surface area contributed by atoms with Crippen molar-refractivity contribution in [3.05, 3.63) is 71.7 Å². The molecule has 1 aromatic carbocycles. The first kappa shape index (κ1) is 11.8. The van der Waals surface area contributed by atoms with E-state index in [0.717, 1.165) is 22.5 Å². The molecular formula is C16H11ClN2. The molecule has 0 N–H and O–H groups in total. The second kappa shape index (κ2) is 5.17. The molecule has 0 unspecified atom stereocenters. The first-order valence-corrected chi connectivity index (χ1v) is 6.50. The van der Waals surface area contributed by atoms with Gasteiger partial charge in [-0.2, -0.15) is 0 Å². The lowest BCUT2D eigenvalue weighted by Gasteiger charge is -1.99. The first-order valence-electron chi connectivity index (χ1n) is 5.96. The van der Waals surface area contributed by atoms with Gasteiger partial charge in [0.1, 0.15) is 11.3 Å². The second-order valence-corrected chi connectivity index (χ2v) is 4.39. The molecule has 0 saturated carbocycles. The molecule has 0 amide bonds. The van der Waals surface area contributed by atoms with E-state index in [1.807, 2.05) is 53.1 Å². The zero-order chi connectivity index (χ0) is 13.1. The van der Waals surface area contributed by atoms with Crippen LogP contribution in [-0.2, 0) is 5.88 Å². The summed E-state index contributed by atoms with van der Waals surface area (Å²) < 4.78 is 1.97. The molecule has 0 atom stereocenters. The van der Waals surface area contributed by atoms with Crippen LogP contribution in [0.4, 0.5) is 0 Å². The number of rotatable bonds is 1. The Bertz CT molecular complexity index is 764. The fourth-order valence-electron chi connectivity index (χ4n) is 1.92. The van der Waals surface area contributed by atoms with Gasteiger partial charge in [-0.3, -0.25) is 4.40 Å². The van der Waals surface area contributed by atoms with Gasteiger partial charge >= 0.3 is 0 Å². The van der Waals surface area contributed by atoms with Gasteiger partial charge in [-0.15, -0.1) is 11.6 Å². The zero-order valence-corrected chi connectivity index (χ0v) is 10.9. The van der Waals surface area contributed by atoms with Crippen molar-refractivity contribution in [2.45, 2.75) is 5.88 Å². The van der Waals surface area contributed by atoms with Crippen LogP contribution in [-0.4, -0.2) is 9.38 Å². The van der Waals surface area contributed by atoms with Crippen LogP contribution in [0.3, 0.4) is 0 Å². The molecule has 3 aromatic rings. The molecular weight excluding hydrogens is 256 g/mol. The third kappa shape index (κ3) is 2.33. The quantitative estimate of drug-likeness (QED) is 0.487. The van der Waals surface area contributed by atoms with Crippen molar-refractivity contribution in [3.8, 4) is 11.8 Å². The van der Waals surface area contributed by atoms with E-state index in [-0.39, 0.29) is 0 Å². The number of benzene rings is 1. The van der Waals surface area contributed by atoms with Crippen LogP contribution in [0.1, 0.15) is 16.8 Å². The van der Waals surface area contributed by atoms with Gasteiger partial charge < -0.3 is 0 Å². The summed E-state index contributed by atoms with van der Waals surface area (Å²) in [6.07, 6.45) is 3.73. The Hall–Kier alpha value is -2.24. The topological polar surface area (TPSA) is 17.3 Å². The molecule has 0 spiro atoms. The molecule has 0 aliphatic carbocycles. The van der Waals surface area contributed by atoms with E-state index >= 15 is 0 Å². The van der Waals surface area contributed by atoms with E-state index < -0.39 is 0 Å². The maximum atomic E-state index is 5.90. The van der Waals surface area contributed by atoms with E-state index in [1.165, 1.54) is 0 Å². The fraction of sp³-hybridized carbons (Fsp3) is 0.0625. The number of hydrogen-bond acceptors (Lipinski definition) is 1. The average Bonchev–Trinajstić information content (AvgIpc) is 2.89. The predicted octanol–water partition coefficient (Wildman–Crippen LogP) is 3.47. The smallest absolute Gasteiger partial charge is 0.142 e. The molecule has 0 aliphatic heterocycles. The van der Waals surface area contributed by atoms with E-state index in [1.54, 1.807) is 6.20 Å². The highest BCUT2D eigenvalue weighted by Crippen LogP contribution is 2.13. The van der Waals surface area contributed by atoms with Crippen molar-refractivity contribution in [1.82, 2.24) is 9.38 Å². The third-order valence-corrected chi connectivity index (χ3v) is 3.16. The number of pyridine rings is 1. The Morgan fingerprint density at radius 1 is 1.05 bits per heavy atom. The van der Waals surface area contributed by atoms with Gasteiger partial charge in [-0.05, 0) is 24.1 Å². The standard InChI is InChI=1S/C16H11ClN2/c17-11-14-7-4-10-19-15(12-18-16(14)19)9-8-13-5-2-1-3-6-13/h1-7,10,12H,11H2. The molecule has 3 rings (SSSR count). The van der Waals surface area contributed by atoms with Gasteiger partial charge in [0.2, 0.25) is 0 Å². The summed E-state index contributed by atoms with van der Waals surface area (Å²) in [5.41, 5.74) is 3.74. The Kier molecular flexibility index (Phi) is 3.22. The molecule has 19 heavy (non-hydrogen) atoms. The normalized spacial score (nSPS) is 10.2. The van der Waals surface area contributed by atoms with Crippen molar-refractivity contribution in [1.29, 1.82) is 0 Å². The van der Waals surface area contributed by atoms with Crippen molar-refractivity contribution in [2.75, 3.05) is 0 Å². The van der Waals surface area contributed by atoms with Gasteiger partial charge in [0.25, 0.3) is 0 Å². The number of fused-ring (bicyclic) bond motifs is 1. The van der Waals surface area contributed by atoms with Crippen LogP contribution in [0.5, 0.6) is 0 Å². The van der Waals surface area contributed by atoms with Crippen LogP contribution >= 0.6 is 11.6 Å². The SMILES string of the molecule is ClCc1cccn2c(C#Cc3ccccc3)cnc12. The Morgan fingerprint density at radius 3 is 2.68 bits per heavy atom. The van der Waals surface area contributed by atoms with Crippen LogP contribution in [0.25, 0.3) is 5.65 Å². The molecule has 0 bridgehead atoms. The van der Waals surface area contributed by atoms with Gasteiger partial charge in [-0.25, -0.2) is 4.98 Å². The Morgan fingerprint density at radius 2 is 1.89 bits per heavy atom. The first-order chi connectivity index (χ1) is 9.38. The van der Waals surface area contributed by atoms with E-state index in [4.69, 9.17) is 11.6 Å². The molecule has 92 valence electrons. The van der Waals surface area contributed by atoms with Gasteiger partial charge in [0.05, 0.1) is 12.1 Å².